The fourth-order valence-electron chi connectivity index (χ4n) is 3.86. The fraction of sp³-hybridized carbons (Fsp3) is 0.370. The number of aryl methyl sites for hydroxylation is 2. The van der Waals surface area contributed by atoms with Crippen LogP contribution in [-0.2, 0) is 44.0 Å². The van der Waals surface area contributed by atoms with Gasteiger partial charge in [-0.3, -0.25) is 9.59 Å². The summed E-state index contributed by atoms with van der Waals surface area (Å²) in [5.41, 5.74) is 1.94. The van der Waals surface area contributed by atoms with Crippen molar-refractivity contribution in [3.05, 3.63) is 81.3 Å². The van der Waals surface area contributed by atoms with Gasteiger partial charge in [0.25, 0.3) is 0 Å². The molecule has 0 unspecified atom stereocenters. The van der Waals surface area contributed by atoms with E-state index in [1.165, 1.54) is 37.6 Å². The molecule has 0 saturated carbocycles. The highest BCUT2D eigenvalue weighted by molar-refractivity contribution is 7.90. The zero-order chi connectivity index (χ0) is 28.8. The van der Waals surface area contributed by atoms with E-state index in [0.29, 0.717) is 28.4 Å². The smallest absolute Gasteiger partial charge is 0.227 e. The molecule has 9 nitrogen and oxygen atoms in total. The van der Waals surface area contributed by atoms with E-state index in [9.17, 15) is 26.4 Å². The minimum atomic E-state index is -3.73. The number of hydrogen-bond donors (Lipinski definition) is 0. The first-order chi connectivity index (χ1) is 18.3. The summed E-state index contributed by atoms with van der Waals surface area (Å²) in [6.07, 6.45) is 2.69. The van der Waals surface area contributed by atoms with Crippen molar-refractivity contribution in [2.45, 2.75) is 37.6 Å². The molecule has 0 N–H and O–H groups in total. The minimum absolute atomic E-state index is 0.0760. The molecule has 0 bridgehead atoms. The Balaban J connectivity index is 1.77. The zero-order valence-electron chi connectivity index (χ0n) is 22.5. The highest BCUT2D eigenvalue weighted by Gasteiger charge is 2.25. The van der Waals surface area contributed by atoms with Crippen LogP contribution in [0.2, 0.25) is 0 Å². The molecule has 0 radical (unpaired) electrons. The van der Waals surface area contributed by atoms with Gasteiger partial charge < -0.3 is 4.90 Å². The van der Waals surface area contributed by atoms with Crippen LogP contribution in [0.3, 0.4) is 0 Å². The molecule has 1 amide bonds. The highest BCUT2D eigenvalue weighted by atomic mass is 32.2. The maximum atomic E-state index is 13.4. The second-order valence-electron chi connectivity index (χ2n) is 9.47. The molecule has 0 aliphatic carbocycles. The van der Waals surface area contributed by atoms with Gasteiger partial charge in [0, 0.05) is 31.8 Å². The Hall–Kier alpha value is -2.93. The van der Waals surface area contributed by atoms with Gasteiger partial charge in [0.2, 0.25) is 15.9 Å². The number of rotatable bonds is 13. The number of sulfone groups is 1. The lowest BCUT2D eigenvalue weighted by Gasteiger charge is -2.22. The number of aromatic nitrogens is 1. The van der Waals surface area contributed by atoms with E-state index in [0.717, 1.165) is 22.5 Å². The number of hydrogen-bond acceptors (Lipinski definition) is 8. The summed E-state index contributed by atoms with van der Waals surface area (Å²) in [5.74, 6) is -1.42. The predicted octanol–water partition coefficient (Wildman–Crippen LogP) is 3.13. The molecule has 2 aromatic carbocycles. The summed E-state index contributed by atoms with van der Waals surface area (Å²) in [6.45, 7) is 2.34. The molecular weight excluding hydrogens is 559 g/mol. The second-order valence-corrected chi connectivity index (χ2v) is 15.0. The quantitative estimate of drug-likeness (QED) is 0.280. The molecule has 1 aromatic heterocycles. The standard InChI is InChI=1S/C27H33N3O6S3/c1-20-27(24(31)19-39(35,36)29(2)3)28-25(37-20)18-30(16-8-11-21-9-6-5-7-10-21)26(32)17-22-12-14-23(15-13-22)38(4,33)34/h5-7,9-10,12-15H,8,11,16-19H2,1-4H3. The molecular formula is C27H33N3O6S3. The van der Waals surface area contributed by atoms with Gasteiger partial charge in [-0.05, 0) is 43.0 Å². The van der Waals surface area contributed by atoms with Crippen LogP contribution in [0, 0.1) is 6.92 Å². The van der Waals surface area contributed by atoms with Gasteiger partial charge in [0.15, 0.2) is 15.6 Å². The molecule has 0 spiro atoms. The maximum absolute atomic E-state index is 13.4. The van der Waals surface area contributed by atoms with Crippen LogP contribution in [0.1, 0.15) is 37.9 Å². The number of thiazole rings is 1. The van der Waals surface area contributed by atoms with Crippen LogP contribution in [0.25, 0.3) is 0 Å². The summed E-state index contributed by atoms with van der Waals surface area (Å²) < 4.78 is 48.9. The van der Waals surface area contributed by atoms with Crippen LogP contribution < -0.4 is 0 Å². The largest absolute Gasteiger partial charge is 0.336 e. The van der Waals surface area contributed by atoms with Crippen molar-refractivity contribution in [3.63, 3.8) is 0 Å². The van der Waals surface area contributed by atoms with Crippen LogP contribution in [-0.4, -0.2) is 75.4 Å². The SMILES string of the molecule is Cc1sc(CN(CCCc2ccccc2)C(=O)Cc2ccc(S(C)(=O)=O)cc2)nc1C(=O)CS(=O)(=O)N(C)C. The molecule has 210 valence electrons. The van der Waals surface area contributed by atoms with Gasteiger partial charge in [-0.2, -0.15) is 0 Å². The Bertz CT molecular complexity index is 1510. The summed E-state index contributed by atoms with van der Waals surface area (Å²) in [5, 5.41) is 0.540. The lowest BCUT2D eigenvalue weighted by Crippen LogP contribution is -2.33. The first-order valence-corrected chi connectivity index (χ1v) is 16.6. The Morgan fingerprint density at radius 3 is 2.15 bits per heavy atom. The number of carbonyl (C=O) groups is 2. The predicted molar refractivity (Wildman–Crippen MR) is 152 cm³/mol. The number of amides is 1. The number of carbonyl (C=O) groups excluding carboxylic acids is 2. The number of benzene rings is 2. The van der Waals surface area contributed by atoms with E-state index in [1.54, 1.807) is 24.0 Å². The Labute approximate surface area is 234 Å². The first kappa shape index (κ1) is 30.6. The van der Waals surface area contributed by atoms with Crippen molar-refractivity contribution >= 4 is 42.9 Å². The Morgan fingerprint density at radius 1 is 0.923 bits per heavy atom. The number of nitrogens with zero attached hydrogens (tertiary/aromatic N) is 3. The van der Waals surface area contributed by atoms with Gasteiger partial charge >= 0.3 is 0 Å². The van der Waals surface area contributed by atoms with Crippen molar-refractivity contribution < 1.29 is 26.4 Å². The summed E-state index contributed by atoms with van der Waals surface area (Å²) >= 11 is 1.26. The van der Waals surface area contributed by atoms with Crippen molar-refractivity contribution in [1.29, 1.82) is 0 Å². The molecule has 0 saturated heterocycles. The van der Waals surface area contributed by atoms with Crippen LogP contribution in [0.15, 0.2) is 59.5 Å². The third-order valence-corrected chi connectivity index (χ3v) is 9.92. The maximum Gasteiger partial charge on any atom is 0.227 e. The van der Waals surface area contributed by atoms with E-state index < -0.39 is 31.4 Å². The normalized spacial score (nSPS) is 12.0. The van der Waals surface area contributed by atoms with Gasteiger partial charge in [0.05, 0.1) is 17.9 Å². The molecule has 0 aliphatic heterocycles. The third-order valence-electron chi connectivity index (χ3n) is 6.10. The summed E-state index contributed by atoms with van der Waals surface area (Å²) in [7, 11) is -4.33. The van der Waals surface area contributed by atoms with Crippen molar-refractivity contribution in [2.24, 2.45) is 0 Å². The molecule has 12 heteroatoms. The first-order valence-electron chi connectivity index (χ1n) is 12.3. The lowest BCUT2D eigenvalue weighted by atomic mass is 10.1. The molecule has 0 aliphatic rings. The molecule has 3 rings (SSSR count). The number of Topliss-reactive ketones (excluding diaryl/α,β-unsaturated/α-hetero) is 1. The second kappa shape index (κ2) is 12.9. The summed E-state index contributed by atoms with van der Waals surface area (Å²) in [6, 6.07) is 16.2. The van der Waals surface area contributed by atoms with E-state index in [1.807, 2.05) is 30.3 Å². The highest BCUT2D eigenvalue weighted by Crippen LogP contribution is 2.21. The van der Waals surface area contributed by atoms with Crippen molar-refractivity contribution in [1.82, 2.24) is 14.2 Å². The van der Waals surface area contributed by atoms with E-state index in [2.05, 4.69) is 4.98 Å². The molecule has 0 fully saturated rings. The fourth-order valence-corrected chi connectivity index (χ4v) is 6.18. The van der Waals surface area contributed by atoms with Crippen molar-refractivity contribution in [3.8, 4) is 0 Å². The molecule has 1 heterocycles. The number of ketones is 1. The Morgan fingerprint density at radius 2 is 1.56 bits per heavy atom. The van der Waals surface area contributed by atoms with Crippen LogP contribution in [0.5, 0.6) is 0 Å². The third kappa shape index (κ3) is 8.79. The summed E-state index contributed by atoms with van der Waals surface area (Å²) in [4.78, 5) is 32.9. The van der Waals surface area contributed by atoms with E-state index in [4.69, 9.17) is 0 Å². The van der Waals surface area contributed by atoms with Gasteiger partial charge in [0.1, 0.15) is 16.5 Å². The minimum Gasteiger partial charge on any atom is -0.336 e. The van der Waals surface area contributed by atoms with Crippen molar-refractivity contribution in [2.75, 3.05) is 32.6 Å². The molecule has 39 heavy (non-hydrogen) atoms. The van der Waals surface area contributed by atoms with E-state index >= 15 is 0 Å². The average molecular weight is 592 g/mol. The average Bonchev–Trinajstić information content (AvgIpc) is 3.23. The lowest BCUT2D eigenvalue weighted by molar-refractivity contribution is -0.131. The van der Waals surface area contributed by atoms with E-state index in [-0.39, 0.29) is 29.5 Å². The molecule has 0 atom stereocenters. The number of sulfonamides is 1. The van der Waals surface area contributed by atoms with Crippen LogP contribution >= 0.6 is 11.3 Å². The van der Waals surface area contributed by atoms with Gasteiger partial charge in [-0.25, -0.2) is 26.1 Å². The van der Waals surface area contributed by atoms with Crippen LogP contribution in [0.4, 0.5) is 0 Å². The Kier molecular flexibility index (Phi) is 10.2. The van der Waals surface area contributed by atoms with Gasteiger partial charge in [-0.1, -0.05) is 42.5 Å². The monoisotopic (exact) mass is 591 g/mol. The zero-order valence-corrected chi connectivity index (χ0v) is 24.9. The topological polar surface area (TPSA) is 122 Å². The van der Waals surface area contributed by atoms with Gasteiger partial charge in [-0.15, -0.1) is 11.3 Å². The molecule has 3 aromatic rings.